The normalized spacial score (nSPS) is 22.1. The second kappa shape index (κ2) is 11.1. The van der Waals surface area contributed by atoms with Crippen molar-refractivity contribution < 1.29 is 15.0 Å². The highest BCUT2D eigenvalue weighted by Gasteiger charge is 2.45. The summed E-state index contributed by atoms with van der Waals surface area (Å²) in [7, 11) is 1.94. The fourth-order valence-corrected chi connectivity index (χ4v) is 5.63. The molecule has 1 saturated carbocycles. The summed E-state index contributed by atoms with van der Waals surface area (Å²) < 4.78 is 0. The largest absolute Gasteiger partial charge is 0.393 e. The molecule has 6 heteroatoms. The Morgan fingerprint density at radius 2 is 1.94 bits per heavy atom. The Morgan fingerprint density at radius 3 is 2.66 bits per heavy atom. The molecule has 3 atom stereocenters. The van der Waals surface area contributed by atoms with Crippen LogP contribution in [-0.2, 0) is 18.4 Å². The smallest absolute Gasteiger partial charge is 0.255 e. The van der Waals surface area contributed by atoms with E-state index in [1.165, 1.54) is 5.56 Å². The van der Waals surface area contributed by atoms with Crippen LogP contribution >= 0.6 is 0 Å². The van der Waals surface area contributed by atoms with Gasteiger partial charge in [-0.15, -0.1) is 0 Å². The number of pyridine rings is 1. The fourth-order valence-electron chi connectivity index (χ4n) is 5.63. The van der Waals surface area contributed by atoms with E-state index in [-0.39, 0.29) is 30.0 Å². The molecular weight excluding hydrogens is 438 g/mol. The summed E-state index contributed by atoms with van der Waals surface area (Å²) in [5.41, 5.74) is 4.69. The van der Waals surface area contributed by atoms with Crippen molar-refractivity contribution >= 4 is 11.6 Å². The average molecular weight is 474 g/mol. The summed E-state index contributed by atoms with van der Waals surface area (Å²) in [5, 5.41) is 27.2. The summed E-state index contributed by atoms with van der Waals surface area (Å²) in [4.78, 5) is 17.3. The highest BCUT2D eigenvalue weighted by atomic mass is 16.3. The molecule has 3 aromatic rings. The average Bonchev–Trinajstić information content (AvgIpc) is 2.87. The number of rotatable bonds is 8. The number of anilines is 1. The molecule has 0 radical (unpaired) electrons. The third-order valence-corrected chi connectivity index (χ3v) is 7.40. The Morgan fingerprint density at radius 1 is 1.14 bits per heavy atom. The summed E-state index contributed by atoms with van der Waals surface area (Å²) in [6.45, 7) is 2.45. The van der Waals surface area contributed by atoms with E-state index in [4.69, 9.17) is 0 Å². The molecule has 6 nitrogen and oxygen atoms in total. The zero-order valence-electron chi connectivity index (χ0n) is 20.5. The van der Waals surface area contributed by atoms with E-state index in [0.717, 1.165) is 36.2 Å². The predicted octanol–water partition coefficient (Wildman–Crippen LogP) is 4.00. The van der Waals surface area contributed by atoms with Gasteiger partial charge in [-0.05, 0) is 93.1 Å². The van der Waals surface area contributed by atoms with Crippen LogP contribution in [0.15, 0.2) is 66.9 Å². The number of carbonyl (C=O) groups is 1. The number of hydrogen-bond donors (Lipinski definition) is 4. The number of aromatic nitrogens is 1. The van der Waals surface area contributed by atoms with Crippen molar-refractivity contribution in [3.05, 3.63) is 94.8 Å². The maximum atomic E-state index is 13.0. The lowest BCUT2D eigenvalue weighted by Crippen LogP contribution is -2.48. The maximum absolute atomic E-state index is 13.0. The Labute approximate surface area is 207 Å². The number of aliphatic hydroxyl groups is 2. The topological polar surface area (TPSA) is 94.5 Å². The fraction of sp³-hybridized carbons (Fsp3) is 0.379. The molecule has 1 aromatic heterocycles. The molecule has 0 spiro atoms. The van der Waals surface area contributed by atoms with Crippen LogP contribution < -0.4 is 10.6 Å². The molecule has 3 unspecified atom stereocenters. The minimum absolute atomic E-state index is 0.159. The number of carbonyl (C=O) groups excluding carboxylic acids is 1. The van der Waals surface area contributed by atoms with Crippen LogP contribution in [0.5, 0.6) is 0 Å². The number of aliphatic hydroxyl groups excluding tert-OH is 2. The minimum Gasteiger partial charge on any atom is -0.393 e. The zero-order valence-corrected chi connectivity index (χ0v) is 20.5. The van der Waals surface area contributed by atoms with Crippen LogP contribution in [-0.4, -0.2) is 40.8 Å². The van der Waals surface area contributed by atoms with Crippen LogP contribution in [0.2, 0.25) is 0 Å². The van der Waals surface area contributed by atoms with Gasteiger partial charge in [0.1, 0.15) is 0 Å². The molecule has 1 amide bonds. The van der Waals surface area contributed by atoms with Gasteiger partial charge in [-0.2, -0.15) is 0 Å². The first-order valence-corrected chi connectivity index (χ1v) is 12.3. The molecule has 1 fully saturated rings. The lowest BCUT2D eigenvalue weighted by Gasteiger charge is -2.47. The van der Waals surface area contributed by atoms with E-state index >= 15 is 0 Å². The quantitative estimate of drug-likeness (QED) is 0.397. The Bertz CT molecular complexity index is 1150. The molecule has 35 heavy (non-hydrogen) atoms. The van der Waals surface area contributed by atoms with E-state index in [0.29, 0.717) is 24.1 Å². The van der Waals surface area contributed by atoms with Gasteiger partial charge in [-0.25, -0.2) is 0 Å². The Kier molecular flexibility index (Phi) is 7.96. The SMILES string of the molecule is CNCC1CC(O)CCC1(Cc1ccccc1)c1ccc(C(=O)Nc2cccnc2C)cc1CO. The highest BCUT2D eigenvalue weighted by Crippen LogP contribution is 2.47. The highest BCUT2D eigenvalue weighted by molar-refractivity contribution is 6.04. The molecule has 4 rings (SSSR count). The Balaban J connectivity index is 1.74. The predicted molar refractivity (Wildman–Crippen MR) is 138 cm³/mol. The van der Waals surface area contributed by atoms with Crippen molar-refractivity contribution in [2.75, 3.05) is 18.9 Å². The zero-order chi connectivity index (χ0) is 24.8. The molecule has 184 valence electrons. The number of amides is 1. The molecule has 1 aliphatic rings. The number of hydrogen-bond acceptors (Lipinski definition) is 5. The summed E-state index contributed by atoms with van der Waals surface area (Å²) >= 11 is 0. The summed E-state index contributed by atoms with van der Waals surface area (Å²) in [6.07, 6.45) is 4.38. The first kappa shape index (κ1) is 25.0. The van der Waals surface area contributed by atoms with E-state index in [1.807, 2.05) is 44.3 Å². The van der Waals surface area contributed by atoms with Gasteiger partial charge in [0.25, 0.3) is 5.91 Å². The van der Waals surface area contributed by atoms with Crippen LogP contribution in [0.3, 0.4) is 0 Å². The number of nitrogens with zero attached hydrogens (tertiary/aromatic N) is 1. The third-order valence-electron chi connectivity index (χ3n) is 7.40. The van der Waals surface area contributed by atoms with Gasteiger partial charge >= 0.3 is 0 Å². The van der Waals surface area contributed by atoms with Crippen LogP contribution in [0.4, 0.5) is 5.69 Å². The third kappa shape index (κ3) is 5.45. The maximum Gasteiger partial charge on any atom is 0.255 e. The van der Waals surface area contributed by atoms with Crippen molar-refractivity contribution in [1.29, 1.82) is 0 Å². The molecule has 1 heterocycles. The minimum atomic E-state index is -0.331. The molecule has 4 N–H and O–H groups in total. The van der Waals surface area contributed by atoms with E-state index < -0.39 is 0 Å². The van der Waals surface area contributed by atoms with Crippen molar-refractivity contribution in [2.24, 2.45) is 5.92 Å². The first-order valence-electron chi connectivity index (χ1n) is 12.3. The van der Waals surface area contributed by atoms with Crippen molar-refractivity contribution in [1.82, 2.24) is 10.3 Å². The van der Waals surface area contributed by atoms with Crippen LogP contribution in [0.1, 0.15) is 52.0 Å². The van der Waals surface area contributed by atoms with Gasteiger partial charge in [-0.3, -0.25) is 9.78 Å². The number of aryl methyl sites for hydroxylation is 1. The van der Waals surface area contributed by atoms with Gasteiger partial charge < -0.3 is 20.8 Å². The number of benzene rings is 2. The van der Waals surface area contributed by atoms with Gasteiger partial charge in [0, 0.05) is 17.2 Å². The summed E-state index contributed by atoms with van der Waals surface area (Å²) in [5.74, 6) is -0.0511. The monoisotopic (exact) mass is 473 g/mol. The van der Waals surface area contributed by atoms with Gasteiger partial charge in [-0.1, -0.05) is 36.4 Å². The molecule has 2 aromatic carbocycles. The number of nitrogens with one attached hydrogen (secondary N) is 2. The summed E-state index contributed by atoms with van der Waals surface area (Å²) in [6, 6.07) is 19.7. The molecule has 1 aliphatic carbocycles. The first-order chi connectivity index (χ1) is 17.0. The molecule has 0 bridgehead atoms. The van der Waals surface area contributed by atoms with E-state index in [9.17, 15) is 15.0 Å². The second-order valence-corrected chi connectivity index (χ2v) is 9.62. The van der Waals surface area contributed by atoms with Crippen LogP contribution in [0.25, 0.3) is 0 Å². The van der Waals surface area contributed by atoms with Crippen molar-refractivity contribution in [3.8, 4) is 0 Å². The van der Waals surface area contributed by atoms with Gasteiger partial charge in [0.05, 0.1) is 24.1 Å². The van der Waals surface area contributed by atoms with Crippen LogP contribution in [0, 0.1) is 12.8 Å². The van der Waals surface area contributed by atoms with E-state index in [2.05, 4.69) is 39.9 Å². The lowest BCUT2D eigenvalue weighted by atomic mass is 9.58. The standard InChI is InChI=1S/C29H35N3O3/c1-20-27(9-6-14-31-20)32-28(35)22-10-11-26(23(15-22)19-33)29(17-21-7-4-3-5-8-21)13-12-25(34)16-24(29)18-30-2/h3-11,14-15,24-25,30,33-34H,12-13,16-19H2,1-2H3,(H,32,35). The van der Waals surface area contributed by atoms with Gasteiger partial charge in [0.15, 0.2) is 0 Å². The van der Waals surface area contributed by atoms with Crippen molar-refractivity contribution in [3.63, 3.8) is 0 Å². The van der Waals surface area contributed by atoms with E-state index in [1.54, 1.807) is 12.3 Å². The van der Waals surface area contributed by atoms with Gasteiger partial charge in [0.2, 0.25) is 0 Å². The molecule has 0 saturated heterocycles. The second-order valence-electron chi connectivity index (χ2n) is 9.62. The van der Waals surface area contributed by atoms with Crippen molar-refractivity contribution in [2.45, 2.75) is 50.7 Å². The lowest BCUT2D eigenvalue weighted by molar-refractivity contribution is 0.0491. The molecular formula is C29H35N3O3. The molecule has 0 aliphatic heterocycles. The Hall–Kier alpha value is -3.06.